The van der Waals surface area contributed by atoms with Gasteiger partial charge in [-0.3, -0.25) is 0 Å². The molecule has 0 aliphatic rings. The minimum absolute atomic E-state index is 0.133. The first-order valence-electron chi connectivity index (χ1n) is 5.96. The van der Waals surface area contributed by atoms with Crippen LogP contribution >= 0.6 is 27.5 Å². The Morgan fingerprint density at radius 2 is 2.10 bits per heavy atom. The van der Waals surface area contributed by atoms with Gasteiger partial charge in [0.1, 0.15) is 5.82 Å². The van der Waals surface area contributed by atoms with Crippen LogP contribution in [0.4, 0.5) is 10.1 Å². The summed E-state index contributed by atoms with van der Waals surface area (Å²) in [5, 5.41) is 15.1. The Hall–Kier alpha value is -1.79. The van der Waals surface area contributed by atoms with Gasteiger partial charge in [-0.2, -0.15) is 0 Å². The van der Waals surface area contributed by atoms with Crippen molar-refractivity contribution in [2.45, 2.75) is 6.54 Å². The van der Waals surface area contributed by atoms with Crippen molar-refractivity contribution < 1.29 is 9.60 Å². The number of oxime groups is 1. The van der Waals surface area contributed by atoms with Crippen molar-refractivity contribution in [2.75, 3.05) is 5.32 Å². The standard InChI is InChI=1S/C14H12BrClFN3O/c15-11-4-3-10(16)6-13(11)19-7-9-2-1-8(5-12(9)17)14(18)20-21/h1-6,19,21H,7H2,(H2,18,20). The number of benzene rings is 2. The number of hydrogen-bond donors (Lipinski definition) is 3. The third kappa shape index (κ3) is 3.86. The summed E-state index contributed by atoms with van der Waals surface area (Å²) in [5.41, 5.74) is 6.95. The summed E-state index contributed by atoms with van der Waals surface area (Å²) in [6.45, 7) is 0.279. The summed E-state index contributed by atoms with van der Waals surface area (Å²) < 4.78 is 14.8. The molecule has 2 aromatic rings. The third-order valence-corrected chi connectivity index (χ3v) is 3.78. The molecule has 0 unspecified atom stereocenters. The zero-order valence-electron chi connectivity index (χ0n) is 10.8. The lowest BCUT2D eigenvalue weighted by Gasteiger charge is -2.10. The van der Waals surface area contributed by atoms with Crippen LogP contribution in [0.15, 0.2) is 46.0 Å². The van der Waals surface area contributed by atoms with E-state index in [2.05, 4.69) is 26.4 Å². The van der Waals surface area contributed by atoms with Gasteiger partial charge in [0.15, 0.2) is 5.84 Å². The molecular formula is C14H12BrClFN3O. The van der Waals surface area contributed by atoms with Crippen LogP contribution in [-0.4, -0.2) is 11.0 Å². The van der Waals surface area contributed by atoms with Crippen molar-refractivity contribution in [1.82, 2.24) is 0 Å². The second-order valence-electron chi connectivity index (χ2n) is 4.27. The molecule has 0 saturated heterocycles. The smallest absolute Gasteiger partial charge is 0.170 e. The maximum absolute atomic E-state index is 14.0. The van der Waals surface area contributed by atoms with E-state index in [9.17, 15) is 4.39 Å². The molecule has 0 aliphatic carbocycles. The normalized spacial score (nSPS) is 11.5. The first kappa shape index (κ1) is 15.6. The number of hydrogen-bond acceptors (Lipinski definition) is 3. The zero-order chi connectivity index (χ0) is 15.4. The van der Waals surface area contributed by atoms with Crippen LogP contribution in [0, 0.1) is 5.82 Å². The lowest BCUT2D eigenvalue weighted by atomic mass is 10.1. The van der Waals surface area contributed by atoms with Crippen LogP contribution in [0.25, 0.3) is 0 Å². The molecule has 110 valence electrons. The predicted octanol–water partition coefficient (Wildman–Crippen LogP) is 3.95. The molecule has 0 atom stereocenters. The van der Waals surface area contributed by atoms with Gasteiger partial charge in [-0.1, -0.05) is 28.9 Å². The van der Waals surface area contributed by atoms with E-state index >= 15 is 0 Å². The summed E-state index contributed by atoms with van der Waals surface area (Å²) in [4.78, 5) is 0. The first-order chi connectivity index (χ1) is 10.0. The maximum Gasteiger partial charge on any atom is 0.170 e. The van der Waals surface area contributed by atoms with E-state index in [1.807, 2.05) is 6.07 Å². The molecule has 4 N–H and O–H groups in total. The molecule has 0 bridgehead atoms. The van der Waals surface area contributed by atoms with Crippen molar-refractivity contribution in [3.8, 4) is 0 Å². The minimum atomic E-state index is -0.440. The Bertz CT molecular complexity index is 694. The van der Waals surface area contributed by atoms with Crippen molar-refractivity contribution in [3.05, 3.63) is 62.8 Å². The van der Waals surface area contributed by atoms with E-state index in [0.717, 1.165) is 10.2 Å². The molecule has 0 saturated carbocycles. The van der Waals surface area contributed by atoms with E-state index in [1.165, 1.54) is 6.07 Å². The molecule has 2 rings (SSSR count). The Morgan fingerprint density at radius 3 is 2.76 bits per heavy atom. The highest BCUT2D eigenvalue weighted by Crippen LogP contribution is 2.26. The van der Waals surface area contributed by atoms with Crippen LogP contribution < -0.4 is 11.1 Å². The third-order valence-electron chi connectivity index (χ3n) is 2.85. The molecule has 2 aromatic carbocycles. The van der Waals surface area contributed by atoms with Gasteiger partial charge in [-0.25, -0.2) is 4.39 Å². The number of halogens is 3. The molecular weight excluding hydrogens is 361 g/mol. The van der Waals surface area contributed by atoms with Gasteiger partial charge in [0.2, 0.25) is 0 Å². The first-order valence-corrected chi connectivity index (χ1v) is 7.13. The molecule has 0 radical (unpaired) electrons. The highest BCUT2D eigenvalue weighted by atomic mass is 79.9. The highest BCUT2D eigenvalue weighted by Gasteiger charge is 2.07. The van der Waals surface area contributed by atoms with Crippen LogP contribution in [0.2, 0.25) is 5.02 Å². The fraction of sp³-hybridized carbons (Fsp3) is 0.0714. The predicted molar refractivity (Wildman–Crippen MR) is 85.4 cm³/mol. The van der Waals surface area contributed by atoms with Crippen molar-refractivity contribution in [2.24, 2.45) is 10.9 Å². The maximum atomic E-state index is 14.0. The highest BCUT2D eigenvalue weighted by molar-refractivity contribution is 9.10. The Morgan fingerprint density at radius 1 is 1.33 bits per heavy atom. The second kappa shape index (κ2) is 6.78. The molecule has 21 heavy (non-hydrogen) atoms. The van der Waals surface area contributed by atoms with E-state index in [4.69, 9.17) is 22.5 Å². The number of nitrogens with two attached hydrogens (primary N) is 1. The topological polar surface area (TPSA) is 70.6 Å². The Labute approximate surface area is 134 Å². The summed E-state index contributed by atoms with van der Waals surface area (Å²) in [6.07, 6.45) is 0. The van der Waals surface area contributed by atoms with Gasteiger partial charge in [0.25, 0.3) is 0 Å². The second-order valence-corrected chi connectivity index (χ2v) is 5.56. The number of nitrogens with one attached hydrogen (secondary N) is 1. The van der Waals surface area contributed by atoms with Crippen molar-refractivity contribution in [1.29, 1.82) is 0 Å². The molecule has 4 nitrogen and oxygen atoms in total. The van der Waals surface area contributed by atoms with Gasteiger partial charge in [-0.15, -0.1) is 0 Å². The minimum Gasteiger partial charge on any atom is -0.409 e. The zero-order valence-corrected chi connectivity index (χ0v) is 13.1. The summed E-state index contributed by atoms with van der Waals surface area (Å²) >= 11 is 9.30. The van der Waals surface area contributed by atoms with Crippen molar-refractivity contribution in [3.63, 3.8) is 0 Å². The summed E-state index contributed by atoms with van der Waals surface area (Å²) in [6, 6.07) is 9.69. The summed E-state index contributed by atoms with van der Waals surface area (Å²) in [7, 11) is 0. The van der Waals surface area contributed by atoms with E-state index < -0.39 is 5.82 Å². The van der Waals surface area contributed by atoms with Crippen LogP contribution in [0.3, 0.4) is 0 Å². The summed E-state index contributed by atoms with van der Waals surface area (Å²) in [5.74, 6) is -0.573. The molecule has 0 spiro atoms. The van der Waals surface area contributed by atoms with Gasteiger partial charge >= 0.3 is 0 Å². The lowest BCUT2D eigenvalue weighted by molar-refractivity contribution is 0.318. The van der Waals surface area contributed by atoms with Gasteiger partial charge in [0.05, 0.1) is 5.69 Å². The number of amidine groups is 1. The fourth-order valence-electron chi connectivity index (χ4n) is 1.73. The fourth-order valence-corrected chi connectivity index (χ4v) is 2.29. The van der Waals surface area contributed by atoms with Gasteiger partial charge < -0.3 is 16.3 Å². The number of rotatable bonds is 4. The SMILES string of the molecule is N/C(=N/O)c1ccc(CNc2cc(Cl)ccc2Br)c(F)c1. The molecule has 7 heteroatoms. The average Bonchev–Trinajstić information content (AvgIpc) is 2.48. The van der Waals surface area contributed by atoms with E-state index in [1.54, 1.807) is 24.3 Å². The quantitative estimate of drug-likeness (QED) is 0.329. The number of nitrogens with zero attached hydrogens (tertiary/aromatic N) is 1. The monoisotopic (exact) mass is 371 g/mol. The molecule has 0 aliphatic heterocycles. The van der Waals surface area contributed by atoms with Gasteiger partial charge in [0, 0.05) is 27.2 Å². The lowest BCUT2D eigenvalue weighted by Crippen LogP contribution is -2.14. The molecule has 0 heterocycles. The largest absolute Gasteiger partial charge is 0.409 e. The Kier molecular flexibility index (Phi) is 5.03. The van der Waals surface area contributed by atoms with Gasteiger partial charge in [-0.05, 0) is 40.2 Å². The molecule has 0 amide bonds. The van der Waals surface area contributed by atoms with Crippen molar-refractivity contribution >= 4 is 39.1 Å². The van der Waals surface area contributed by atoms with Crippen LogP contribution in [-0.2, 0) is 6.54 Å². The number of anilines is 1. The van der Waals surface area contributed by atoms with E-state index in [0.29, 0.717) is 16.1 Å². The molecule has 0 fully saturated rings. The average molecular weight is 373 g/mol. The molecule has 0 aromatic heterocycles. The van der Waals surface area contributed by atoms with Crippen LogP contribution in [0.5, 0.6) is 0 Å². The van der Waals surface area contributed by atoms with E-state index in [-0.39, 0.29) is 12.4 Å². The van der Waals surface area contributed by atoms with Crippen LogP contribution in [0.1, 0.15) is 11.1 Å². The Balaban J connectivity index is 2.15.